The summed E-state index contributed by atoms with van der Waals surface area (Å²) in [5, 5.41) is 7.50. The molecule has 2 aromatic carbocycles. The molecule has 2 aromatic rings. The van der Waals surface area contributed by atoms with Crippen LogP contribution in [-0.4, -0.2) is 6.54 Å². The fourth-order valence-electron chi connectivity index (χ4n) is 3.95. The summed E-state index contributed by atoms with van der Waals surface area (Å²) in [5.41, 5.74) is 4.31. The van der Waals surface area contributed by atoms with Crippen molar-refractivity contribution in [3.8, 4) is 0 Å². The maximum Gasteiger partial charge on any atom is 0.0586 e. The Morgan fingerprint density at radius 3 is 2.55 bits per heavy atom. The number of benzene rings is 2. The highest BCUT2D eigenvalue weighted by Gasteiger charge is 2.49. The first kappa shape index (κ1) is 12.0. The first-order chi connectivity index (χ1) is 9.79. The average Bonchev–Trinajstić information content (AvgIpc) is 2.90. The van der Waals surface area contributed by atoms with E-state index in [4.69, 9.17) is 0 Å². The maximum atomic E-state index is 3.79. The molecule has 2 heteroatoms. The summed E-state index contributed by atoms with van der Waals surface area (Å²) in [6, 6.07) is 20.4. The van der Waals surface area contributed by atoms with Crippen LogP contribution in [0.4, 0.5) is 5.69 Å². The van der Waals surface area contributed by atoms with Gasteiger partial charge >= 0.3 is 0 Å². The molecule has 1 fully saturated rings. The Labute approximate surface area is 120 Å². The lowest BCUT2D eigenvalue weighted by Crippen LogP contribution is -2.40. The van der Waals surface area contributed by atoms with Crippen LogP contribution in [0.5, 0.6) is 0 Å². The summed E-state index contributed by atoms with van der Waals surface area (Å²) in [5.74, 6) is 0. The van der Waals surface area contributed by atoms with Crippen LogP contribution < -0.4 is 10.6 Å². The number of fused-ring (bicyclic) bond motifs is 3. The molecular weight excluding hydrogens is 244 g/mol. The van der Waals surface area contributed by atoms with Gasteiger partial charge in [0.05, 0.1) is 6.04 Å². The highest BCUT2D eigenvalue weighted by molar-refractivity contribution is 5.58. The standard InChI is InChI=1S/C18H20N2/c1-18-11-12-19-17(18)14-9-5-6-10-15(14)20-16(18)13-7-3-2-4-8-13/h2-10,16-17,19-20H,11-12H2,1H3/t16-,17-,18+/m1/s1. The van der Waals surface area contributed by atoms with Crippen molar-refractivity contribution < 1.29 is 0 Å². The van der Waals surface area contributed by atoms with Gasteiger partial charge in [0.25, 0.3) is 0 Å². The van der Waals surface area contributed by atoms with Gasteiger partial charge in [0.2, 0.25) is 0 Å². The van der Waals surface area contributed by atoms with Crippen LogP contribution in [-0.2, 0) is 0 Å². The van der Waals surface area contributed by atoms with Crippen molar-refractivity contribution in [1.82, 2.24) is 5.32 Å². The minimum atomic E-state index is 0.232. The van der Waals surface area contributed by atoms with Crippen molar-refractivity contribution in [1.29, 1.82) is 0 Å². The van der Waals surface area contributed by atoms with Gasteiger partial charge in [-0.3, -0.25) is 0 Å². The molecule has 0 amide bonds. The molecule has 4 rings (SSSR count). The molecule has 2 aliphatic rings. The lowest BCUT2D eigenvalue weighted by atomic mass is 9.68. The van der Waals surface area contributed by atoms with E-state index in [9.17, 15) is 0 Å². The normalized spacial score (nSPS) is 31.2. The average molecular weight is 264 g/mol. The van der Waals surface area contributed by atoms with Crippen LogP contribution in [0.2, 0.25) is 0 Å². The lowest BCUT2D eigenvalue weighted by Gasteiger charge is -2.45. The predicted octanol–water partition coefficient (Wildman–Crippen LogP) is 3.89. The van der Waals surface area contributed by atoms with Gasteiger partial charge in [0, 0.05) is 17.1 Å². The highest BCUT2D eigenvalue weighted by atomic mass is 15.1. The number of hydrogen-bond acceptors (Lipinski definition) is 2. The molecule has 0 saturated carbocycles. The molecule has 2 nitrogen and oxygen atoms in total. The predicted molar refractivity (Wildman–Crippen MR) is 82.7 cm³/mol. The van der Waals surface area contributed by atoms with Gasteiger partial charge in [-0.2, -0.15) is 0 Å². The van der Waals surface area contributed by atoms with Gasteiger partial charge in [0.1, 0.15) is 0 Å². The Hall–Kier alpha value is -1.80. The van der Waals surface area contributed by atoms with E-state index in [1.54, 1.807) is 0 Å². The van der Waals surface area contributed by atoms with E-state index in [1.165, 1.54) is 23.2 Å². The number of anilines is 1. The summed E-state index contributed by atoms with van der Waals surface area (Å²) in [4.78, 5) is 0. The van der Waals surface area contributed by atoms with E-state index < -0.39 is 0 Å². The third-order valence-corrected chi connectivity index (χ3v) is 5.04. The monoisotopic (exact) mass is 264 g/mol. The van der Waals surface area contributed by atoms with E-state index in [1.807, 2.05) is 0 Å². The number of rotatable bonds is 1. The van der Waals surface area contributed by atoms with Gasteiger partial charge in [-0.25, -0.2) is 0 Å². The second-order valence-corrected chi connectivity index (χ2v) is 6.22. The minimum absolute atomic E-state index is 0.232. The Morgan fingerprint density at radius 1 is 0.950 bits per heavy atom. The Morgan fingerprint density at radius 2 is 1.70 bits per heavy atom. The maximum absolute atomic E-state index is 3.79. The molecule has 0 unspecified atom stereocenters. The Bertz CT molecular complexity index is 622. The molecule has 102 valence electrons. The van der Waals surface area contributed by atoms with Crippen LogP contribution in [0, 0.1) is 5.41 Å². The van der Waals surface area contributed by atoms with Gasteiger partial charge < -0.3 is 10.6 Å². The summed E-state index contributed by atoms with van der Waals surface area (Å²) < 4.78 is 0. The molecule has 0 radical (unpaired) electrons. The Kier molecular flexibility index (Phi) is 2.61. The van der Waals surface area contributed by atoms with Crippen molar-refractivity contribution in [3.05, 3.63) is 65.7 Å². The second kappa shape index (κ2) is 4.35. The van der Waals surface area contributed by atoms with Crippen molar-refractivity contribution in [3.63, 3.8) is 0 Å². The summed E-state index contributed by atoms with van der Waals surface area (Å²) >= 11 is 0. The van der Waals surface area contributed by atoms with Crippen molar-refractivity contribution in [2.45, 2.75) is 25.4 Å². The third-order valence-electron chi connectivity index (χ3n) is 5.04. The molecule has 2 heterocycles. The van der Waals surface area contributed by atoms with Crippen molar-refractivity contribution >= 4 is 5.69 Å². The number of para-hydroxylation sites is 1. The quantitative estimate of drug-likeness (QED) is 0.816. The van der Waals surface area contributed by atoms with Crippen molar-refractivity contribution in [2.24, 2.45) is 5.41 Å². The molecule has 0 aliphatic carbocycles. The Balaban J connectivity index is 1.85. The lowest BCUT2D eigenvalue weighted by molar-refractivity contribution is 0.227. The van der Waals surface area contributed by atoms with Crippen molar-refractivity contribution in [2.75, 3.05) is 11.9 Å². The zero-order valence-corrected chi connectivity index (χ0v) is 11.8. The van der Waals surface area contributed by atoms with Crippen LogP contribution in [0.1, 0.15) is 36.6 Å². The van der Waals surface area contributed by atoms with Crippen LogP contribution in [0.3, 0.4) is 0 Å². The second-order valence-electron chi connectivity index (χ2n) is 6.22. The molecule has 2 aliphatic heterocycles. The summed E-state index contributed by atoms with van der Waals surface area (Å²) in [6.45, 7) is 3.51. The molecule has 3 atom stereocenters. The molecule has 0 aromatic heterocycles. The molecule has 2 N–H and O–H groups in total. The largest absolute Gasteiger partial charge is 0.377 e. The molecular formula is C18H20N2. The minimum Gasteiger partial charge on any atom is -0.377 e. The summed E-state index contributed by atoms with van der Waals surface area (Å²) in [7, 11) is 0. The van der Waals surface area contributed by atoms with E-state index in [0.29, 0.717) is 12.1 Å². The zero-order valence-electron chi connectivity index (χ0n) is 11.8. The van der Waals surface area contributed by atoms with Crippen LogP contribution in [0.25, 0.3) is 0 Å². The van der Waals surface area contributed by atoms with E-state index in [0.717, 1.165) is 6.54 Å². The first-order valence-electron chi connectivity index (χ1n) is 7.43. The van der Waals surface area contributed by atoms with E-state index in [2.05, 4.69) is 72.2 Å². The molecule has 0 spiro atoms. The SMILES string of the molecule is C[C@@]12CCN[C@@H]1c1ccccc1N[C@@H]2c1ccccc1. The van der Waals surface area contributed by atoms with Gasteiger partial charge in [0.15, 0.2) is 0 Å². The zero-order chi connectivity index (χ0) is 13.6. The fraction of sp³-hybridized carbons (Fsp3) is 0.333. The van der Waals surface area contributed by atoms with E-state index >= 15 is 0 Å². The topological polar surface area (TPSA) is 24.1 Å². The van der Waals surface area contributed by atoms with Crippen LogP contribution in [0.15, 0.2) is 54.6 Å². The van der Waals surface area contributed by atoms with E-state index in [-0.39, 0.29) is 5.41 Å². The third kappa shape index (κ3) is 1.61. The van der Waals surface area contributed by atoms with Gasteiger partial charge in [-0.1, -0.05) is 55.5 Å². The highest BCUT2D eigenvalue weighted by Crippen LogP contribution is 2.55. The summed E-state index contributed by atoms with van der Waals surface area (Å²) in [6.07, 6.45) is 1.21. The fourth-order valence-corrected chi connectivity index (χ4v) is 3.95. The first-order valence-corrected chi connectivity index (χ1v) is 7.43. The molecule has 20 heavy (non-hydrogen) atoms. The molecule has 0 bridgehead atoms. The number of hydrogen-bond donors (Lipinski definition) is 2. The smallest absolute Gasteiger partial charge is 0.0586 e. The van der Waals surface area contributed by atoms with Gasteiger partial charge in [-0.15, -0.1) is 0 Å². The number of nitrogens with one attached hydrogen (secondary N) is 2. The van der Waals surface area contributed by atoms with Gasteiger partial charge in [-0.05, 0) is 30.2 Å². The van der Waals surface area contributed by atoms with Crippen LogP contribution >= 0.6 is 0 Å². The molecule has 1 saturated heterocycles.